The number of aromatic amines is 1. The molecular formula is C12H16N4O3S2. The molecule has 0 fully saturated rings. The van der Waals surface area contributed by atoms with Gasteiger partial charge >= 0.3 is 0 Å². The Hall–Kier alpha value is -1.71. The van der Waals surface area contributed by atoms with Crippen molar-refractivity contribution in [3.05, 3.63) is 35.7 Å². The van der Waals surface area contributed by atoms with Crippen molar-refractivity contribution in [2.45, 2.75) is 10.8 Å². The highest BCUT2D eigenvalue weighted by atomic mass is 32.2. The Labute approximate surface area is 127 Å². The molecule has 0 aliphatic carbocycles. The van der Waals surface area contributed by atoms with Gasteiger partial charge < -0.3 is 9.88 Å². The number of nitrogens with one attached hydrogen (secondary N) is 1. The zero-order valence-electron chi connectivity index (χ0n) is 11.7. The Kier molecular flexibility index (Phi) is 4.76. The molecule has 2 rings (SSSR count). The molecule has 0 radical (unpaired) electrons. The van der Waals surface area contributed by atoms with Crippen LogP contribution in [0.25, 0.3) is 0 Å². The van der Waals surface area contributed by atoms with Crippen LogP contribution in [0.2, 0.25) is 0 Å². The average molecular weight is 328 g/mol. The van der Waals surface area contributed by atoms with Gasteiger partial charge in [0.1, 0.15) is 10.0 Å². The summed E-state index contributed by atoms with van der Waals surface area (Å²) in [6.07, 6.45) is 3.27. The van der Waals surface area contributed by atoms with E-state index in [-0.39, 0.29) is 16.7 Å². The molecule has 0 bridgehead atoms. The number of hydrogen-bond donors (Lipinski definition) is 1. The Morgan fingerprint density at radius 1 is 1.43 bits per heavy atom. The van der Waals surface area contributed by atoms with Gasteiger partial charge in [0.05, 0.1) is 13.1 Å². The van der Waals surface area contributed by atoms with E-state index in [1.165, 1.54) is 18.0 Å². The van der Waals surface area contributed by atoms with E-state index in [9.17, 15) is 13.2 Å². The van der Waals surface area contributed by atoms with Crippen LogP contribution in [0.4, 0.5) is 0 Å². The molecule has 0 saturated heterocycles. The molecule has 0 aliphatic rings. The number of imidazole rings is 1. The second-order valence-corrected chi connectivity index (χ2v) is 7.70. The van der Waals surface area contributed by atoms with Gasteiger partial charge in [-0.1, -0.05) is 6.07 Å². The van der Waals surface area contributed by atoms with Gasteiger partial charge in [-0.3, -0.25) is 4.79 Å². The fraction of sp³-hybridized carbons (Fsp3) is 0.333. The van der Waals surface area contributed by atoms with Crippen molar-refractivity contribution in [2.75, 3.05) is 20.6 Å². The predicted octanol–water partition coefficient (Wildman–Crippen LogP) is 0.750. The molecule has 0 aliphatic heterocycles. The third-order valence-corrected chi connectivity index (χ3v) is 6.06. The standard InChI is InChI=1S/C12H16N4O3S2/c1-15(8-10-13-5-6-14-10)11(17)9-16(2)21(18,19)12-4-3-7-20-12/h3-7H,8-9H2,1-2H3,(H,13,14). The van der Waals surface area contributed by atoms with Crippen molar-refractivity contribution >= 4 is 27.3 Å². The number of rotatable bonds is 6. The minimum absolute atomic E-state index is 0.211. The summed E-state index contributed by atoms with van der Waals surface area (Å²) < 4.78 is 25.7. The minimum atomic E-state index is -3.61. The van der Waals surface area contributed by atoms with Crippen LogP contribution >= 0.6 is 11.3 Å². The molecule has 0 saturated carbocycles. The number of likely N-dealkylation sites (N-methyl/N-ethyl adjacent to an activating group) is 2. The summed E-state index contributed by atoms with van der Waals surface area (Å²) in [6, 6.07) is 3.18. The molecule has 2 aromatic heterocycles. The van der Waals surface area contributed by atoms with Crippen LogP contribution in [-0.4, -0.2) is 54.1 Å². The largest absolute Gasteiger partial charge is 0.347 e. The molecule has 2 aromatic rings. The lowest BCUT2D eigenvalue weighted by atomic mass is 10.4. The molecule has 114 valence electrons. The molecular weight excluding hydrogens is 312 g/mol. The van der Waals surface area contributed by atoms with E-state index >= 15 is 0 Å². The van der Waals surface area contributed by atoms with E-state index in [1.54, 1.807) is 30.9 Å². The van der Waals surface area contributed by atoms with Crippen LogP contribution in [0, 0.1) is 0 Å². The van der Waals surface area contributed by atoms with Gasteiger partial charge in [-0.25, -0.2) is 13.4 Å². The monoisotopic (exact) mass is 328 g/mol. The number of aromatic nitrogens is 2. The second kappa shape index (κ2) is 6.37. The minimum Gasteiger partial charge on any atom is -0.347 e. The predicted molar refractivity (Wildman–Crippen MR) is 79.2 cm³/mol. The number of sulfonamides is 1. The van der Waals surface area contributed by atoms with E-state index in [0.717, 1.165) is 15.6 Å². The molecule has 0 unspecified atom stereocenters. The highest BCUT2D eigenvalue weighted by Gasteiger charge is 2.25. The zero-order chi connectivity index (χ0) is 15.5. The lowest BCUT2D eigenvalue weighted by Gasteiger charge is -2.20. The number of nitrogens with zero attached hydrogens (tertiary/aromatic N) is 3. The van der Waals surface area contributed by atoms with Crippen molar-refractivity contribution < 1.29 is 13.2 Å². The summed E-state index contributed by atoms with van der Waals surface area (Å²) in [4.78, 5) is 20.4. The topological polar surface area (TPSA) is 86.4 Å². The van der Waals surface area contributed by atoms with Crippen molar-refractivity contribution in [1.29, 1.82) is 0 Å². The third-order valence-electron chi connectivity index (χ3n) is 2.89. The van der Waals surface area contributed by atoms with Crippen molar-refractivity contribution in [2.24, 2.45) is 0 Å². The molecule has 9 heteroatoms. The van der Waals surface area contributed by atoms with Crippen LogP contribution in [0.3, 0.4) is 0 Å². The quantitative estimate of drug-likeness (QED) is 0.848. The van der Waals surface area contributed by atoms with Crippen LogP contribution < -0.4 is 0 Å². The number of hydrogen-bond acceptors (Lipinski definition) is 5. The van der Waals surface area contributed by atoms with E-state index in [2.05, 4.69) is 9.97 Å². The highest BCUT2D eigenvalue weighted by Crippen LogP contribution is 2.19. The van der Waals surface area contributed by atoms with Gasteiger partial charge in [0.15, 0.2) is 0 Å². The maximum Gasteiger partial charge on any atom is 0.252 e. The molecule has 0 spiro atoms. The summed E-state index contributed by atoms with van der Waals surface area (Å²) in [7, 11) is -0.601. The fourth-order valence-corrected chi connectivity index (χ4v) is 3.98. The molecule has 2 heterocycles. The number of amides is 1. The van der Waals surface area contributed by atoms with E-state index in [4.69, 9.17) is 0 Å². The summed E-state index contributed by atoms with van der Waals surface area (Å²) in [6.45, 7) is 0.0934. The first-order valence-corrected chi connectivity index (χ1v) is 8.45. The normalized spacial score (nSPS) is 11.8. The number of thiophene rings is 1. The highest BCUT2D eigenvalue weighted by molar-refractivity contribution is 7.91. The first kappa shape index (κ1) is 15.7. The van der Waals surface area contributed by atoms with Crippen LogP contribution in [0.15, 0.2) is 34.1 Å². The van der Waals surface area contributed by atoms with Gasteiger partial charge in [-0.2, -0.15) is 4.31 Å². The van der Waals surface area contributed by atoms with E-state index < -0.39 is 10.0 Å². The molecule has 0 aromatic carbocycles. The Bertz CT molecular complexity index is 680. The van der Waals surface area contributed by atoms with Gasteiger partial charge in [0.2, 0.25) is 5.91 Å². The van der Waals surface area contributed by atoms with Crippen molar-refractivity contribution in [1.82, 2.24) is 19.2 Å². The molecule has 7 nitrogen and oxygen atoms in total. The van der Waals surface area contributed by atoms with Gasteiger partial charge in [-0.05, 0) is 11.4 Å². The first-order valence-electron chi connectivity index (χ1n) is 6.13. The molecule has 1 amide bonds. The summed E-state index contributed by atoms with van der Waals surface area (Å²) in [5.74, 6) is 0.351. The van der Waals surface area contributed by atoms with E-state index in [0.29, 0.717) is 12.4 Å². The number of carbonyl (C=O) groups excluding carboxylic acids is 1. The number of carbonyl (C=O) groups is 1. The Morgan fingerprint density at radius 2 is 2.19 bits per heavy atom. The molecule has 21 heavy (non-hydrogen) atoms. The smallest absolute Gasteiger partial charge is 0.252 e. The van der Waals surface area contributed by atoms with Gasteiger partial charge in [0.25, 0.3) is 10.0 Å². The SMILES string of the molecule is CN(Cc1ncc[nH]1)C(=O)CN(C)S(=O)(=O)c1cccs1. The third kappa shape index (κ3) is 3.69. The lowest BCUT2D eigenvalue weighted by Crippen LogP contribution is -2.39. The summed E-state index contributed by atoms with van der Waals surface area (Å²) >= 11 is 1.13. The lowest BCUT2D eigenvalue weighted by molar-refractivity contribution is -0.130. The number of H-pyrrole nitrogens is 1. The fourth-order valence-electron chi connectivity index (χ4n) is 1.66. The molecule has 0 atom stereocenters. The molecule has 1 N–H and O–H groups in total. The maximum atomic E-state index is 12.2. The van der Waals surface area contributed by atoms with Gasteiger partial charge in [-0.15, -0.1) is 11.3 Å². The van der Waals surface area contributed by atoms with Crippen LogP contribution in [0.5, 0.6) is 0 Å². The second-order valence-electron chi connectivity index (χ2n) is 4.48. The van der Waals surface area contributed by atoms with E-state index in [1.807, 2.05) is 0 Å². The Balaban J connectivity index is 1.99. The van der Waals surface area contributed by atoms with Gasteiger partial charge in [0, 0.05) is 26.5 Å². The maximum absolute atomic E-state index is 12.2. The summed E-state index contributed by atoms with van der Waals surface area (Å²) in [5.41, 5.74) is 0. The Morgan fingerprint density at radius 3 is 2.76 bits per heavy atom. The average Bonchev–Trinajstić information content (AvgIpc) is 3.11. The zero-order valence-corrected chi connectivity index (χ0v) is 13.3. The van der Waals surface area contributed by atoms with Crippen molar-refractivity contribution in [3.8, 4) is 0 Å². The van der Waals surface area contributed by atoms with Crippen molar-refractivity contribution in [3.63, 3.8) is 0 Å². The first-order chi connectivity index (χ1) is 9.91. The van der Waals surface area contributed by atoms with Crippen LogP contribution in [-0.2, 0) is 21.4 Å². The van der Waals surface area contributed by atoms with Crippen LogP contribution in [0.1, 0.15) is 5.82 Å². The summed E-state index contributed by atoms with van der Waals surface area (Å²) in [5, 5.41) is 1.69.